The van der Waals surface area contributed by atoms with E-state index >= 15 is 0 Å². The van der Waals surface area contributed by atoms with Crippen LogP contribution < -0.4 is 11.1 Å². The summed E-state index contributed by atoms with van der Waals surface area (Å²) in [7, 11) is 0. The van der Waals surface area contributed by atoms with E-state index in [1.807, 2.05) is 13.0 Å². The Labute approximate surface area is 117 Å². The second-order valence-corrected chi connectivity index (χ2v) is 4.85. The van der Waals surface area contributed by atoms with E-state index in [-0.39, 0.29) is 11.6 Å². The van der Waals surface area contributed by atoms with Gasteiger partial charge in [0.15, 0.2) is 0 Å². The molecule has 3 N–H and O–H groups in total. The number of aryl methyl sites for hydroxylation is 1. The van der Waals surface area contributed by atoms with Gasteiger partial charge in [-0.3, -0.25) is 4.79 Å². The summed E-state index contributed by atoms with van der Waals surface area (Å²) >= 11 is 0. The van der Waals surface area contributed by atoms with Gasteiger partial charge in [-0.15, -0.1) is 0 Å². The maximum absolute atomic E-state index is 13.7. The molecule has 4 heteroatoms. The number of carbonyl (C=O) groups excluding carboxylic acids is 1. The predicted molar refractivity (Wildman–Crippen MR) is 78.1 cm³/mol. The topological polar surface area (TPSA) is 55.1 Å². The fourth-order valence-corrected chi connectivity index (χ4v) is 1.90. The highest BCUT2D eigenvalue weighted by Gasteiger charge is 2.12. The Bertz CT molecular complexity index is 638. The lowest BCUT2D eigenvalue weighted by Gasteiger charge is -2.10. The fraction of sp³-hybridized carbons (Fsp3) is 0.188. The van der Waals surface area contributed by atoms with Gasteiger partial charge in [-0.25, -0.2) is 4.39 Å². The number of anilines is 1. The second-order valence-electron chi connectivity index (χ2n) is 4.85. The molecular weight excluding hydrogens is 255 g/mol. The first-order valence-corrected chi connectivity index (χ1v) is 6.40. The molecule has 0 radical (unpaired) electrons. The number of halogens is 1. The van der Waals surface area contributed by atoms with E-state index in [9.17, 15) is 9.18 Å². The molecule has 2 aromatic rings. The van der Waals surface area contributed by atoms with Gasteiger partial charge in [0.25, 0.3) is 5.91 Å². The zero-order valence-corrected chi connectivity index (χ0v) is 11.5. The van der Waals surface area contributed by atoms with Crippen LogP contribution in [0.4, 0.5) is 10.1 Å². The fourth-order valence-electron chi connectivity index (χ4n) is 1.90. The minimum Gasteiger partial charge on any atom is -0.324 e. The van der Waals surface area contributed by atoms with Crippen molar-refractivity contribution in [2.75, 3.05) is 5.32 Å². The van der Waals surface area contributed by atoms with Gasteiger partial charge in [-0.05, 0) is 49.2 Å². The van der Waals surface area contributed by atoms with Gasteiger partial charge in [0.2, 0.25) is 0 Å². The average molecular weight is 272 g/mol. The summed E-state index contributed by atoms with van der Waals surface area (Å²) < 4.78 is 13.7. The zero-order valence-electron chi connectivity index (χ0n) is 11.5. The third-order valence-corrected chi connectivity index (χ3v) is 3.04. The lowest BCUT2D eigenvalue weighted by molar-refractivity contribution is 0.102. The summed E-state index contributed by atoms with van der Waals surface area (Å²) in [6.45, 7) is 3.64. The Balaban J connectivity index is 2.21. The van der Waals surface area contributed by atoms with Crippen molar-refractivity contribution in [3.8, 4) is 0 Å². The maximum atomic E-state index is 13.7. The first kappa shape index (κ1) is 14.2. The molecule has 1 unspecified atom stereocenters. The Hall–Kier alpha value is -2.20. The molecule has 0 aliphatic carbocycles. The van der Waals surface area contributed by atoms with Crippen LogP contribution in [0.2, 0.25) is 0 Å². The summed E-state index contributed by atoms with van der Waals surface area (Å²) in [5, 5.41) is 2.68. The van der Waals surface area contributed by atoms with E-state index in [1.165, 1.54) is 12.1 Å². The average Bonchev–Trinajstić information content (AvgIpc) is 2.38. The van der Waals surface area contributed by atoms with Crippen molar-refractivity contribution in [1.29, 1.82) is 0 Å². The third-order valence-electron chi connectivity index (χ3n) is 3.04. The first-order chi connectivity index (χ1) is 9.47. The molecule has 1 amide bonds. The SMILES string of the molecule is Cc1ccc(C(=O)Nc2cccc(C(C)N)c2)c(F)c1. The first-order valence-electron chi connectivity index (χ1n) is 6.40. The molecule has 0 aromatic heterocycles. The highest BCUT2D eigenvalue weighted by molar-refractivity contribution is 6.04. The van der Waals surface area contributed by atoms with E-state index in [0.29, 0.717) is 5.69 Å². The molecule has 104 valence electrons. The van der Waals surface area contributed by atoms with Crippen LogP contribution in [0.1, 0.15) is 34.5 Å². The van der Waals surface area contributed by atoms with Gasteiger partial charge >= 0.3 is 0 Å². The van der Waals surface area contributed by atoms with Crippen LogP contribution in [0.3, 0.4) is 0 Å². The van der Waals surface area contributed by atoms with E-state index in [1.54, 1.807) is 31.2 Å². The monoisotopic (exact) mass is 272 g/mol. The molecule has 0 aliphatic heterocycles. The highest BCUT2D eigenvalue weighted by Crippen LogP contribution is 2.17. The molecule has 2 aromatic carbocycles. The van der Waals surface area contributed by atoms with Gasteiger partial charge in [0.05, 0.1) is 5.56 Å². The number of rotatable bonds is 3. The Morgan fingerprint density at radius 2 is 2.00 bits per heavy atom. The number of amides is 1. The van der Waals surface area contributed by atoms with Crippen molar-refractivity contribution in [2.45, 2.75) is 19.9 Å². The molecule has 1 atom stereocenters. The van der Waals surface area contributed by atoms with Crippen molar-refractivity contribution in [3.63, 3.8) is 0 Å². The highest BCUT2D eigenvalue weighted by atomic mass is 19.1. The minimum atomic E-state index is -0.522. The van der Waals surface area contributed by atoms with Crippen LogP contribution in [-0.4, -0.2) is 5.91 Å². The summed E-state index contributed by atoms with van der Waals surface area (Å²) in [5.74, 6) is -0.991. The minimum absolute atomic E-state index is 0.0294. The molecule has 0 bridgehead atoms. The molecule has 2 rings (SSSR count). The number of hydrogen-bond donors (Lipinski definition) is 2. The van der Waals surface area contributed by atoms with Crippen molar-refractivity contribution >= 4 is 11.6 Å². The molecule has 0 fully saturated rings. The maximum Gasteiger partial charge on any atom is 0.258 e. The standard InChI is InChI=1S/C16H17FN2O/c1-10-6-7-14(15(17)8-10)16(20)19-13-5-3-4-12(9-13)11(2)18/h3-9,11H,18H2,1-2H3,(H,19,20). The molecular formula is C16H17FN2O. The molecule has 0 saturated heterocycles. The van der Waals surface area contributed by atoms with Crippen molar-refractivity contribution in [1.82, 2.24) is 0 Å². The molecule has 3 nitrogen and oxygen atoms in total. The van der Waals surface area contributed by atoms with E-state index < -0.39 is 11.7 Å². The van der Waals surface area contributed by atoms with Crippen LogP contribution in [-0.2, 0) is 0 Å². The van der Waals surface area contributed by atoms with Crippen molar-refractivity contribution in [3.05, 3.63) is 65.0 Å². The quantitative estimate of drug-likeness (QED) is 0.899. The largest absolute Gasteiger partial charge is 0.324 e. The summed E-state index contributed by atoms with van der Waals surface area (Å²) in [6.07, 6.45) is 0. The normalized spacial score (nSPS) is 12.0. The predicted octanol–water partition coefficient (Wildman–Crippen LogP) is 3.41. The molecule has 0 saturated carbocycles. The summed E-state index contributed by atoms with van der Waals surface area (Å²) in [6, 6.07) is 11.6. The molecule has 0 aliphatic rings. The van der Waals surface area contributed by atoms with Crippen LogP contribution in [0.5, 0.6) is 0 Å². The van der Waals surface area contributed by atoms with Gasteiger partial charge in [-0.2, -0.15) is 0 Å². The Morgan fingerprint density at radius 1 is 1.25 bits per heavy atom. The number of carbonyl (C=O) groups is 1. The van der Waals surface area contributed by atoms with E-state index in [0.717, 1.165) is 11.1 Å². The lowest BCUT2D eigenvalue weighted by atomic mass is 10.1. The third kappa shape index (κ3) is 3.22. The van der Waals surface area contributed by atoms with Crippen LogP contribution in [0.15, 0.2) is 42.5 Å². The zero-order chi connectivity index (χ0) is 14.7. The number of nitrogens with one attached hydrogen (secondary N) is 1. The van der Waals surface area contributed by atoms with Gasteiger partial charge in [0, 0.05) is 11.7 Å². The molecule has 20 heavy (non-hydrogen) atoms. The van der Waals surface area contributed by atoms with Crippen molar-refractivity contribution < 1.29 is 9.18 Å². The summed E-state index contributed by atoms with van der Waals surface area (Å²) in [4.78, 5) is 12.0. The lowest BCUT2D eigenvalue weighted by Crippen LogP contribution is -2.14. The van der Waals surface area contributed by atoms with Crippen LogP contribution >= 0.6 is 0 Å². The van der Waals surface area contributed by atoms with Crippen LogP contribution in [0, 0.1) is 12.7 Å². The smallest absolute Gasteiger partial charge is 0.258 e. The summed E-state index contributed by atoms with van der Waals surface area (Å²) in [5.41, 5.74) is 8.11. The molecule has 0 heterocycles. The molecule has 0 spiro atoms. The second kappa shape index (κ2) is 5.84. The number of hydrogen-bond acceptors (Lipinski definition) is 2. The van der Waals surface area contributed by atoms with E-state index in [2.05, 4.69) is 5.32 Å². The van der Waals surface area contributed by atoms with Gasteiger partial charge in [0.1, 0.15) is 5.82 Å². The number of benzene rings is 2. The van der Waals surface area contributed by atoms with E-state index in [4.69, 9.17) is 5.73 Å². The Kier molecular flexibility index (Phi) is 4.15. The van der Waals surface area contributed by atoms with Crippen LogP contribution in [0.25, 0.3) is 0 Å². The number of nitrogens with two attached hydrogens (primary N) is 1. The van der Waals surface area contributed by atoms with Gasteiger partial charge in [-0.1, -0.05) is 18.2 Å². The van der Waals surface area contributed by atoms with Crippen molar-refractivity contribution in [2.24, 2.45) is 5.73 Å². The van der Waals surface area contributed by atoms with Gasteiger partial charge < -0.3 is 11.1 Å². The Morgan fingerprint density at radius 3 is 2.65 bits per heavy atom.